The lowest BCUT2D eigenvalue weighted by Gasteiger charge is -2.23. The van der Waals surface area contributed by atoms with Crippen molar-refractivity contribution >= 4 is 11.6 Å². The normalized spacial score (nSPS) is 19.6. The van der Waals surface area contributed by atoms with Gasteiger partial charge in [-0.25, -0.2) is 0 Å². The van der Waals surface area contributed by atoms with E-state index in [4.69, 9.17) is 4.74 Å². The maximum atomic E-state index is 11.9. The fourth-order valence-electron chi connectivity index (χ4n) is 1.98. The van der Waals surface area contributed by atoms with Gasteiger partial charge in [-0.15, -0.1) is 0 Å². The van der Waals surface area contributed by atoms with Gasteiger partial charge in [0, 0.05) is 18.8 Å². The molecule has 1 saturated heterocycles. The number of carbonyl (C=O) groups is 1. The summed E-state index contributed by atoms with van der Waals surface area (Å²) < 4.78 is 5.50. The van der Waals surface area contributed by atoms with E-state index < -0.39 is 0 Å². The highest BCUT2D eigenvalue weighted by Crippen LogP contribution is 2.13. The molecule has 5 heteroatoms. The lowest BCUT2D eigenvalue weighted by atomic mass is 10.2. The number of nitrogens with zero attached hydrogens (tertiary/aromatic N) is 1. The zero-order chi connectivity index (χ0) is 13.0. The maximum Gasteiger partial charge on any atom is 0.227 e. The number of hydrogen-bond acceptors (Lipinski definition) is 4. The summed E-state index contributed by atoms with van der Waals surface area (Å²) >= 11 is 0. The van der Waals surface area contributed by atoms with Gasteiger partial charge >= 0.3 is 0 Å². The molecule has 1 fully saturated rings. The minimum atomic E-state index is -0.0301. The van der Waals surface area contributed by atoms with Crippen LogP contribution in [0.3, 0.4) is 0 Å². The summed E-state index contributed by atoms with van der Waals surface area (Å²) in [5.41, 5.74) is 2.56. The number of aromatic nitrogens is 1. The minimum Gasteiger partial charge on any atom is -0.375 e. The molecule has 1 amide bonds. The van der Waals surface area contributed by atoms with Crippen LogP contribution in [0, 0.1) is 13.8 Å². The van der Waals surface area contributed by atoms with Crippen LogP contribution in [-0.4, -0.2) is 36.7 Å². The number of nitrogens with one attached hydrogen (secondary N) is 2. The molecular weight excluding hydrogens is 230 g/mol. The fourth-order valence-corrected chi connectivity index (χ4v) is 1.98. The molecule has 98 valence electrons. The number of hydrogen-bond donors (Lipinski definition) is 2. The summed E-state index contributed by atoms with van der Waals surface area (Å²) in [7, 11) is 0. The van der Waals surface area contributed by atoms with Crippen molar-refractivity contribution < 1.29 is 9.53 Å². The summed E-state index contributed by atoms with van der Waals surface area (Å²) in [4.78, 5) is 16.2. The van der Waals surface area contributed by atoms with Crippen molar-refractivity contribution in [2.75, 3.05) is 25.0 Å². The smallest absolute Gasteiger partial charge is 0.227 e. The Morgan fingerprint density at radius 2 is 2.39 bits per heavy atom. The predicted molar refractivity (Wildman–Crippen MR) is 69.6 cm³/mol. The molecule has 0 radical (unpaired) electrons. The third-order valence-corrected chi connectivity index (χ3v) is 2.92. The van der Waals surface area contributed by atoms with Gasteiger partial charge in [0.15, 0.2) is 0 Å². The Morgan fingerprint density at radius 3 is 3.06 bits per heavy atom. The largest absolute Gasteiger partial charge is 0.375 e. The first-order chi connectivity index (χ1) is 8.65. The van der Waals surface area contributed by atoms with Crippen molar-refractivity contribution in [1.82, 2.24) is 10.3 Å². The van der Waals surface area contributed by atoms with E-state index in [-0.39, 0.29) is 12.0 Å². The van der Waals surface area contributed by atoms with Crippen LogP contribution in [0.4, 0.5) is 5.69 Å². The summed E-state index contributed by atoms with van der Waals surface area (Å²) in [6.07, 6.45) is 0.345. The van der Waals surface area contributed by atoms with Crippen LogP contribution in [0.2, 0.25) is 0 Å². The zero-order valence-electron chi connectivity index (χ0n) is 10.8. The van der Waals surface area contributed by atoms with Gasteiger partial charge in [0.2, 0.25) is 5.91 Å². The van der Waals surface area contributed by atoms with Crippen molar-refractivity contribution in [2.45, 2.75) is 26.4 Å². The summed E-state index contributed by atoms with van der Waals surface area (Å²) in [5.74, 6) is -0.0301. The molecule has 18 heavy (non-hydrogen) atoms. The van der Waals surface area contributed by atoms with Crippen LogP contribution in [0.1, 0.15) is 17.8 Å². The topological polar surface area (TPSA) is 63.2 Å². The first-order valence-corrected chi connectivity index (χ1v) is 6.21. The molecule has 5 nitrogen and oxygen atoms in total. The number of anilines is 1. The Balaban J connectivity index is 1.90. The van der Waals surface area contributed by atoms with Crippen molar-refractivity contribution in [3.63, 3.8) is 0 Å². The van der Waals surface area contributed by atoms with Crippen LogP contribution < -0.4 is 10.6 Å². The lowest BCUT2D eigenvalue weighted by molar-refractivity contribution is -0.119. The van der Waals surface area contributed by atoms with Crippen LogP contribution in [0.15, 0.2) is 12.1 Å². The first kappa shape index (κ1) is 13.0. The Labute approximate surface area is 107 Å². The van der Waals surface area contributed by atoms with Crippen molar-refractivity contribution in [1.29, 1.82) is 0 Å². The Hall–Kier alpha value is -1.46. The Morgan fingerprint density at radius 1 is 1.56 bits per heavy atom. The van der Waals surface area contributed by atoms with E-state index in [2.05, 4.69) is 15.6 Å². The molecule has 2 N–H and O–H groups in total. The quantitative estimate of drug-likeness (QED) is 0.839. The minimum absolute atomic E-state index is 0.0301. The molecule has 1 aliphatic rings. The van der Waals surface area contributed by atoms with Gasteiger partial charge in [-0.2, -0.15) is 0 Å². The van der Waals surface area contributed by atoms with Gasteiger partial charge in [0.1, 0.15) is 0 Å². The van der Waals surface area contributed by atoms with Crippen molar-refractivity contribution in [3.05, 3.63) is 23.5 Å². The number of amides is 1. The maximum absolute atomic E-state index is 11.9. The molecule has 0 aliphatic carbocycles. The highest BCUT2D eigenvalue weighted by molar-refractivity contribution is 5.91. The molecule has 2 rings (SSSR count). The van der Waals surface area contributed by atoms with Gasteiger partial charge in [-0.3, -0.25) is 9.78 Å². The molecule has 2 heterocycles. The van der Waals surface area contributed by atoms with E-state index >= 15 is 0 Å². The summed E-state index contributed by atoms with van der Waals surface area (Å²) in [5, 5.41) is 6.08. The van der Waals surface area contributed by atoms with Gasteiger partial charge < -0.3 is 15.4 Å². The molecular formula is C13H19N3O2. The van der Waals surface area contributed by atoms with E-state index in [1.165, 1.54) is 0 Å². The number of pyridine rings is 1. The Bertz CT molecular complexity index is 428. The van der Waals surface area contributed by atoms with Gasteiger partial charge in [0.05, 0.1) is 30.5 Å². The SMILES string of the molecule is Cc1ccc(NC(=O)C[C@@H]2CNCCO2)c(C)n1. The number of rotatable bonds is 3. The average Bonchev–Trinajstić information content (AvgIpc) is 2.34. The number of carbonyl (C=O) groups excluding carboxylic acids is 1. The molecule has 0 aromatic carbocycles. The summed E-state index contributed by atoms with van der Waals surface area (Å²) in [6.45, 7) is 6.09. The highest BCUT2D eigenvalue weighted by Gasteiger charge is 2.17. The highest BCUT2D eigenvalue weighted by atomic mass is 16.5. The second-order valence-electron chi connectivity index (χ2n) is 4.53. The van der Waals surface area contributed by atoms with Gasteiger partial charge in [0.25, 0.3) is 0 Å². The third kappa shape index (κ3) is 3.51. The third-order valence-electron chi connectivity index (χ3n) is 2.92. The van der Waals surface area contributed by atoms with Crippen LogP contribution >= 0.6 is 0 Å². The molecule has 0 unspecified atom stereocenters. The Kier molecular flexibility index (Phi) is 4.28. The number of morpholine rings is 1. The molecule has 0 saturated carbocycles. The van der Waals surface area contributed by atoms with Crippen molar-refractivity contribution in [2.24, 2.45) is 0 Å². The molecule has 1 aromatic heterocycles. The van der Waals surface area contributed by atoms with E-state index in [1.54, 1.807) is 0 Å². The number of aryl methyl sites for hydroxylation is 2. The molecule has 1 aliphatic heterocycles. The first-order valence-electron chi connectivity index (χ1n) is 6.21. The molecule has 0 spiro atoms. The fraction of sp³-hybridized carbons (Fsp3) is 0.538. The average molecular weight is 249 g/mol. The zero-order valence-corrected chi connectivity index (χ0v) is 10.8. The molecule has 1 atom stereocenters. The lowest BCUT2D eigenvalue weighted by Crippen LogP contribution is -2.40. The standard InChI is InChI=1S/C13H19N3O2/c1-9-3-4-12(10(2)15-9)16-13(17)7-11-8-14-5-6-18-11/h3-4,11,14H,5-8H2,1-2H3,(H,16,17)/t11-/m1/s1. The van der Waals surface area contributed by atoms with E-state index in [9.17, 15) is 4.79 Å². The predicted octanol–water partition coefficient (Wildman–Crippen LogP) is 1.02. The van der Waals surface area contributed by atoms with Crippen LogP contribution in [0.25, 0.3) is 0 Å². The van der Waals surface area contributed by atoms with Gasteiger partial charge in [-0.1, -0.05) is 0 Å². The second-order valence-corrected chi connectivity index (χ2v) is 4.53. The number of ether oxygens (including phenoxy) is 1. The van der Waals surface area contributed by atoms with Crippen molar-refractivity contribution in [3.8, 4) is 0 Å². The van der Waals surface area contributed by atoms with Crippen LogP contribution in [0.5, 0.6) is 0 Å². The summed E-state index contributed by atoms with van der Waals surface area (Å²) in [6, 6.07) is 3.77. The van der Waals surface area contributed by atoms with Gasteiger partial charge in [-0.05, 0) is 26.0 Å². The van der Waals surface area contributed by atoms with E-state index in [0.717, 1.165) is 30.2 Å². The monoisotopic (exact) mass is 249 g/mol. The second kappa shape index (κ2) is 5.93. The molecule has 1 aromatic rings. The van der Waals surface area contributed by atoms with Crippen LogP contribution in [-0.2, 0) is 9.53 Å². The van der Waals surface area contributed by atoms with E-state index in [1.807, 2.05) is 26.0 Å². The molecule has 0 bridgehead atoms. The van der Waals surface area contributed by atoms with E-state index in [0.29, 0.717) is 13.0 Å².